The van der Waals surface area contributed by atoms with Gasteiger partial charge in [0.25, 0.3) is 5.91 Å². The number of carbonyl (C=O) groups excluding carboxylic acids is 1. The van der Waals surface area contributed by atoms with Gasteiger partial charge in [0.05, 0.1) is 27.0 Å². The minimum atomic E-state index is -3.38. The molecule has 3 aromatic rings. The van der Waals surface area contributed by atoms with Gasteiger partial charge in [0.2, 0.25) is 0 Å². The summed E-state index contributed by atoms with van der Waals surface area (Å²) >= 11 is 1.46. The number of aryl methyl sites for hydroxylation is 2. The van der Waals surface area contributed by atoms with E-state index in [1.165, 1.54) is 46.7 Å². The molecular weight excluding hydrogens is 420 g/mol. The van der Waals surface area contributed by atoms with Gasteiger partial charge in [-0.25, -0.2) is 8.42 Å². The Labute approximate surface area is 180 Å². The van der Waals surface area contributed by atoms with Crippen molar-refractivity contribution in [1.82, 2.24) is 4.57 Å². The Morgan fingerprint density at radius 3 is 2.37 bits per heavy atom. The minimum Gasteiger partial charge on any atom is -0.383 e. The fourth-order valence-corrected chi connectivity index (χ4v) is 5.21. The first kappa shape index (κ1) is 22.4. The van der Waals surface area contributed by atoms with Crippen LogP contribution in [0.4, 0.5) is 0 Å². The minimum absolute atomic E-state index is 0.206. The first-order chi connectivity index (χ1) is 14.1. The maximum absolute atomic E-state index is 12.8. The Balaban J connectivity index is 2.04. The molecule has 0 bridgehead atoms. The Hall–Kier alpha value is -2.29. The van der Waals surface area contributed by atoms with Crippen molar-refractivity contribution in [3.63, 3.8) is 0 Å². The molecule has 0 aliphatic heterocycles. The Bertz CT molecular complexity index is 1250. The quantitative estimate of drug-likeness (QED) is 0.576. The Kier molecular flexibility index (Phi) is 6.59. The number of hydrogen-bond donors (Lipinski definition) is 0. The Morgan fingerprint density at radius 1 is 1.13 bits per heavy atom. The van der Waals surface area contributed by atoms with E-state index in [4.69, 9.17) is 4.74 Å². The largest absolute Gasteiger partial charge is 0.383 e. The summed E-state index contributed by atoms with van der Waals surface area (Å²) in [5, 5.41) is -0.519. The standard InChI is InChI=1S/C22H26N2O4S2/c1-14(2)30(26,27)18-8-6-17(7-9-18)21(25)23-22-24(10-11-28-5)19-12-15(3)16(4)13-20(19)29-22/h6-9,12-14H,10-11H2,1-5H3. The van der Waals surface area contributed by atoms with Crippen molar-refractivity contribution >= 4 is 37.3 Å². The highest BCUT2D eigenvalue weighted by Gasteiger charge is 2.19. The normalized spacial score (nSPS) is 12.8. The van der Waals surface area contributed by atoms with Crippen LogP contribution in [0.3, 0.4) is 0 Å². The smallest absolute Gasteiger partial charge is 0.279 e. The van der Waals surface area contributed by atoms with Crippen LogP contribution in [0, 0.1) is 13.8 Å². The molecule has 3 rings (SSSR count). The lowest BCUT2D eigenvalue weighted by Crippen LogP contribution is -2.19. The summed E-state index contributed by atoms with van der Waals surface area (Å²) in [4.78, 5) is 17.9. The van der Waals surface area contributed by atoms with E-state index in [0.717, 1.165) is 10.2 Å². The lowest BCUT2D eigenvalue weighted by atomic mass is 10.1. The van der Waals surface area contributed by atoms with Crippen molar-refractivity contribution in [3.8, 4) is 0 Å². The zero-order valence-electron chi connectivity index (χ0n) is 17.8. The topological polar surface area (TPSA) is 77.7 Å². The number of nitrogens with zero attached hydrogens (tertiary/aromatic N) is 2. The van der Waals surface area contributed by atoms with Crippen LogP contribution in [0.15, 0.2) is 46.3 Å². The van der Waals surface area contributed by atoms with Gasteiger partial charge in [-0.05, 0) is 75.2 Å². The summed E-state index contributed by atoms with van der Waals surface area (Å²) in [6.07, 6.45) is 0. The molecule has 8 heteroatoms. The van der Waals surface area contributed by atoms with Gasteiger partial charge >= 0.3 is 0 Å². The fraction of sp³-hybridized carbons (Fsp3) is 0.364. The molecule has 0 N–H and O–H groups in total. The Morgan fingerprint density at radius 2 is 1.77 bits per heavy atom. The SMILES string of the molecule is COCCn1c(=NC(=O)c2ccc(S(=O)(=O)C(C)C)cc2)sc2cc(C)c(C)cc21. The molecule has 0 unspecified atom stereocenters. The molecule has 0 radical (unpaired) electrons. The zero-order valence-corrected chi connectivity index (χ0v) is 19.4. The summed E-state index contributed by atoms with van der Waals surface area (Å²) < 4.78 is 32.8. The van der Waals surface area contributed by atoms with E-state index in [9.17, 15) is 13.2 Å². The molecule has 1 aromatic heterocycles. The number of rotatable bonds is 6. The van der Waals surface area contributed by atoms with Crippen LogP contribution in [0.2, 0.25) is 0 Å². The van der Waals surface area contributed by atoms with Crippen LogP contribution in [0.25, 0.3) is 10.2 Å². The second-order valence-electron chi connectivity index (χ2n) is 7.47. The molecule has 0 aliphatic rings. The van der Waals surface area contributed by atoms with Crippen LogP contribution in [-0.2, 0) is 21.1 Å². The highest BCUT2D eigenvalue weighted by atomic mass is 32.2. The fourth-order valence-electron chi connectivity index (χ4n) is 3.02. The first-order valence-electron chi connectivity index (χ1n) is 9.67. The monoisotopic (exact) mass is 446 g/mol. The number of fused-ring (bicyclic) bond motifs is 1. The molecule has 160 valence electrons. The predicted octanol–water partition coefficient (Wildman–Crippen LogP) is 3.89. The molecule has 0 spiro atoms. The molecule has 30 heavy (non-hydrogen) atoms. The van der Waals surface area contributed by atoms with Gasteiger partial charge in [0.1, 0.15) is 0 Å². The average molecular weight is 447 g/mol. The highest BCUT2D eigenvalue weighted by molar-refractivity contribution is 7.92. The van der Waals surface area contributed by atoms with Crippen molar-refractivity contribution in [2.75, 3.05) is 13.7 Å². The number of thiazole rings is 1. The van der Waals surface area contributed by atoms with E-state index in [0.29, 0.717) is 23.5 Å². The van der Waals surface area contributed by atoms with Crippen molar-refractivity contribution < 1.29 is 17.9 Å². The first-order valence-corrected chi connectivity index (χ1v) is 12.0. The van der Waals surface area contributed by atoms with Gasteiger partial charge in [0, 0.05) is 19.2 Å². The van der Waals surface area contributed by atoms with Crippen LogP contribution in [0.1, 0.15) is 35.3 Å². The summed E-state index contributed by atoms with van der Waals surface area (Å²) in [7, 11) is -1.74. The second-order valence-corrected chi connectivity index (χ2v) is 11.0. The van der Waals surface area contributed by atoms with Crippen LogP contribution in [-0.4, -0.2) is 37.9 Å². The van der Waals surface area contributed by atoms with E-state index in [2.05, 4.69) is 31.0 Å². The third kappa shape index (κ3) is 4.40. The predicted molar refractivity (Wildman–Crippen MR) is 120 cm³/mol. The van der Waals surface area contributed by atoms with Crippen molar-refractivity contribution in [3.05, 3.63) is 57.9 Å². The number of benzene rings is 2. The number of ether oxygens (including phenoxy) is 1. The molecule has 0 saturated heterocycles. The van der Waals surface area contributed by atoms with E-state index >= 15 is 0 Å². The van der Waals surface area contributed by atoms with Crippen LogP contribution >= 0.6 is 11.3 Å². The van der Waals surface area contributed by atoms with E-state index < -0.39 is 21.0 Å². The van der Waals surface area contributed by atoms with E-state index in [1.807, 2.05) is 4.57 Å². The summed E-state index contributed by atoms with van der Waals surface area (Å²) in [5.41, 5.74) is 3.72. The number of methoxy groups -OCH3 is 1. The number of aromatic nitrogens is 1. The third-order valence-electron chi connectivity index (χ3n) is 5.06. The van der Waals surface area contributed by atoms with E-state index in [-0.39, 0.29) is 4.90 Å². The average Bonchev–Trinajstić information content (AvgIpc) is 3.02. The van der Waals surface area contributed by atoms with Crippen molar-refractivity contribution in [1.29, 1.82) is 0 Å². The summed E-state index contributed by atoms with van der Waals surface area (Å²) in [6.45, 7) is 8.46. The number of amides is 1. The van der Waals surface area contributed by atoms with Crippen LogP contribution in [0.5, 0.6) is 0 Å². The molecule has 6 nitrogen and oxygen atoms in total. The van der Waals surface area contributed by atoms with Gasteiger partial charge in [-0.1, -0.05) is 11.3 Å². The summed E-state index contributed by atoms with van der Waals surface area (Å²) in [6, 6.07) is 10.2. The van der Waals surface area contributed by atoms with Gasteiger partial charge < -0.3 is 9.30 Å². The molecule has 1 heterocycles. The summed E-state index contributed by atoms with van der Waals surface area (Å²) in [5.74, 6) is -0.408. The van der Waals surface area contributed by atoms with Crippen LogP contribution < -0.4 is 4.80 Å². The third-order valence-corrected chi connectivity index (χ3v) is 8.28. The molecule has 2 aromatic carbocycles. The van der Waals surface area contributed by atoms with Gasteiger partial charge in [-0.15, -0.1) is 0 Å². The van der Waals surface area contributed by atoms with Gasteiger partial charge in [-0.2, -0.15) is 4.99 Å². The number of sulfone groups is 1. The van der Waals surface area contributed by atoms with E-state index in [1.54, 1.807) is 21.0 Å². The van der Waals surface area contributed by atoms with Crippen molar-refractivity contribution in [2.24, 2.45) is 4.99 Å². The molecule has 0 saturated carbocycles. The molecule has 1 amide bonds. The maximum atomic E-state index is 12.8. The molecule has 0 aliphatic carbocycles. The second kappa shape index (κ2) is 8.83. The van der Waals surface area contributed by atoms with Gasteiger partial charge in [0.15, 0.2) is 14.6 Å². The number of carbonyl (C=O) groups is 1. The zero-order chi connectivity index (χ0) is 22.1. The molecule has 0 fully saturated rings. The maximum Gasteiger partial charge on any atom is 0.279 e. The van der Waals surface area contributed by atoms with Crippen molar-refractivity contribution in [2.45, 2.75) is 44.4 Å². The lowest BCUT2D eigenvalue weighted by Gasteiger charge is -2.08. The molecular formula is C22H26N2O4S2. The lowest BCUT2D eigenvalue weighted by molar-refractivity contribution is 0.0997. The highest BCUT2D eigenvalue weighted by Crippen LogP contribution is 2.22. The van der Waals surface area contributed by atoms with Gasteiger partial charge in [-0.3, -0.25) is 4.79 Å². The number of hydrogen-bond acceptors (Lipinski definition) is 5. The molecule has 0 atom stereocenters.